The molecule has 0 bridgehead atoms. The zero-order valence-corrected chi connectivity index (χ0v) is 19.9. The lowest BCUT2D eigenvalue weighted by Gasteiger charge is -2.38. The Labute approximate surface area is 185 Å². The minimum absolute atomic E-state index is 0.0376. The maximum absolute atomic E-state index is 6.70. The van der Waals surface area contributed by atoms with Gasteiger partial charge >= 0.3 is 0 Å². The van der Waals surface area contributed by atoms with Gasteiger partial charge in [-0.05, 0) is 58.2 Å². The first-order chi connectivity index (χ1) is 14.5. The summed E-state index contributed by atoms with van der Waals surface area (Å²) in [7, 11) is 0. The molecule has 160 valence electrons. The number of hydrogen-bond acceptors (Lipinski definition) is 2. The van der Waals surface area contributed by atoms with Gasteiger partial charge in [0.15, 0.2) is 5.58 Å². The first kappa shape index (κ1) is 20.3. The van der Waals surface area contributed by atoms with Crippen LogP contribution in [0.5, 0.6) is 0 Å². The van der Waals surface area contributed by atoms with Gasteiger partial charge in [-0.3, -0.25) is 4.98 Å². The van der Waals surface area contributed by atoms with Gasteiger partial charge in [0.2, 0.25) is 0 Å². The van der Waals surface area contributed by atoms with Gasteiger partial charge in [-0.25, -0.2) is 0 Å². The van der Waals surface area contributed by atoms with E-state index in [1.54, 1.807) is 0 Å². The molecule has 2 aromatic heterocycles. The van der Waals surface area contributed by atoms with Crippen molar-refractivity contribution in [2.75, 3.05) is 0 Å². The molecule has 0 spiro atoms. The monoisotopic (exact) mass is 411 g/mol. The Kier molecular flexibility index (Phi) is 4.22. The predicted octanol–water partition coefficient (Wildman–Crippen LogP) is 8.29. The summed E-state index contributed by atoms with van der Waals surface area (Å²) in [5.74, 6) is 1.14. The van der Waals surface area contributed by atoms with Crippen LogP contribution in [0.15, 0.2) is 53.1 Å². The van der Waals surface area contributed by atoms with Gasteiger partial charge < -0.3 is 4.42 Å². The summed E-state index contributed by atoms with van der Waals surface area (Å²) in [5.41, 5.74) is 5.93. The highest BCUT2D eigenvalue weighted by atomic mass is 16.3. The molecule has 0 saturated heterocycles. The minimum atomic E-state index is 0.0376. The van der Waals surface area contributed by atoms with E-state index in [-0.39, 0.29) is 16.2 Å². The average molecular weight is 412 g/mol. The molecular weight excluding hydrogens is 378 g/mol. The normalized spacial score (nSPS) is 17.8. The minimum Gasteiger partial charge on any atom is -0.458 e. The summed E-state index contributed by atoms with van der Waals surface area (Å²) in [6.07, 6.45) is 4.26. The number of benzene rings is 2. The number of aromatic nitrogens is 1. The van der Waals surface area contributed by atoms with Crippen LogP contribution < -0.4 is 0 Å². The highest BCUT2D eigenvalue weighted by Gasteiger charge is 2.42. The van der Waals surface area contributed by atoms with Crippen molar-refractivity contribution >= 4 is 21.7 Å². The van der Waals surface area contributed by atoms with Crippen molar-refractivity contribution in [2.24, 2.45) is 0 Å². The number of fused-ring (bicyclic) bond motifs is 4. The van der Waals surface area contributed by atoms with Gasteiger partial charge in [0, 0.05) is 28.1 Å². The summed E-state index contributed by atoms with van der Waals surface area (Å²) in [5, 5.41) is 3.79. The number of furan rings is 1. The largest absolute Gasteiger partial charge is 0.458 e. The lowest BCUT2D eigenvalue weighted by molar-refractivity contribution is 0.284. The number of hydrogen-bond donors (Lipinski definition) is 0. The van der Waals surface area contributed by atoms with Crippen LogP contribution in [0.2, 0.25) is 0 Å². The Morgan fingerprint density at radius 1 is 0.871 bits per heavy atom. The fourth-order valence-electron chi connectivity index (χ4n) is 5.31. The van der Waals surface area contributed by atoms with E-state index in [9.17, 15) is 0 Å². The van der Waals surface area contributed by atoms with Gasteiger partial charge in [0.05, 0.1) is 0 Å². The second-order valence-corrected chi connectivity index (χ2v) is 11.6. The molecule has 1 aliphatic rings. The standard InChI is InChI=1S/C29H33NO/c1-27(2,3)22-17-19(16-18-10-8-9-11-20(18)22)24-25-21(12-15-30-24)23-26(31-25)29(6,7)14-13-28(23,4)5/h8-12,15-17H,13-14H2,1-7H3. The molecule has 0 unspecified atom stereocenters. The number of nitrogens with zero attached hydrogens (tertiary/aromatic N) is 1. The molecule has 0 fully saturated rings. The molecule has 0 aliphatic heterocycles. The fraction of sp³-hybridized carbons (Fsp3) is 0.414. The lowest BCUT2D eigenvalue weighted by Crippen LogP contribution is -2.32. The number of rotatable bonds is 1. The summed E-state index contributed by atoms with van der Waals surface area (Å²) in [6, 6.07) is 15.4. The van der Waals surface area contributed by atoms with Gasteiger partial charge in [-0.2, -0.15) is 0 Å². The van der Waals surface area contributed by atoms with Crippen LogP contribution in [-0.4, -0.2) is 4.98 Å². The van der Waals surface area contributed by atoms with E-state index in [0.717, 1.165) is 29.0 Å². The van der Waals surface area contributed by atoms with Crippen molar-refractivity contribution in [1.29, 1.82) is 0 Å². The lowest BCUT2D eigenvalue weighted by atomic mass is 9.66. The molecule has 2 heteroatoms. The van der Waals surface area contributed by atoms with Crippen LogP contribution >= 0.6 is 0 Å². The maximum Gasteiger partial charge on any atom is 0.160 e. The van der Waals surface area contributed by atoms with Gasteiger partial charge in [-0.15, -0.1) is 0 Å². The molecule has 2 aromatic carbocycles. The first-order valence-electron chi connectivity index (χ1n) is 11.5. The molecule has 4 aromatic rings. The Bertz CT molecular complexity index is 1310. The first-order valence-corrected chi connectivity index (χ1v) is 11.5. The second-order valence-electron chi connectivity index (χ2n) is 11.6. The van der Waals surface area contributed by atoms with Crippen molar-refractivity contribution < 1.29 is 4.42 Å². The van der Waals surface area contributed by atoms with E-state index >= 15 is 0 Å². The Morgan fingerprint density at radius 2 is 1.58 bits per heavy atom. The maximum atomic E-state index is 6.70. The van der Waals surface area contributed by atoms with Crippen molar-refractivity contribution in [3.05, 3.63) is 65.5 Å². The van der Waals surface area contributed by atoms with Crippen LogP contribution in [0.4, 0.5) is 0 Å². The summed E-state index contributed by atoms with van der Waals surface area (Å²) in [4.78, 5) is 4.85. The molecule has 2 heterocycles. The van der Waals surface area contributed by atoms with Crippen LogP contribution in [0.25, 0.3) is 33.0 Å². The van der Waals surface area contributed by atoms with Crippen LogP contribution in [-0.2, 0) is 16.2 Å². The second kappa shape index (κ2) is 6.45. The highest BCUT2D eigenvalue weighted by molar-refractivity contribution is 5.98. The molecule has 1 aliphatic carbocycles. The predicted molar refractivity (Wildman–Crippen MR) is 131 cm³/mol. The zero-order valence-electron chi connectivity index (χ0n) is 19.9. The van der Waals surface area contributed by atoms with E-state index in [0.29, 0.717) is 0 Å². The summed E-state index contributed by atoms with van der Waals surface area (Å²) < 4.78 is 6.70. The Hall–Kier alpha value is -2.61. The fourth-order valence-corrected chi connectivity index (χ4v) is 5.31. The topological polar surface area (TPSA) is 26.0 Å². The quantitative estimate of drug-likeness (QED) is 0.315. The van der Waals surface area contributed by atoms with Crippen LogP contribution in [0.3, 0.4) is 0 Å². The number of pyridine rings is 1. The van der Waals surface area contributed by atoms with Crippen molar-refractivity contribution in [3.63, 3.8) is 0 Å². The highest BCUT2D eigenvalue weighted by Crippen LogP contribution is 2.51. The molecule has 0 N–H and O–H groups in total. The SMILES string of the molecule is CC(C)(C)c1cc(-c2nccc3c4c(oc23)C(C)(C)CCC4(C)C)cc2ccccc12. The van der Waals surface area contributed by atoms with E-state index in [4.69, 9.17) is 9.40 Å². The van der Waals surface area contributed by atoms with E-state index < -0.39 is 0 Å². The van der Waals surface area contributed by atoms with Crippen molar-refractivity contribution in [1.82, 2.24) is 4.98 Å². The third-order valence-corrected chi connectivity index (χ3v) is 7.21. The van der Waals surface area contributed by atoms with Gasteiger partial charge in [0.1, 0.15) is 11.5 Å². The molecular formula is C29H33NO. The smallest absolute Gasteiger partial charge is 0.160 e. The average Bonchev–Trinajstić information content (AvgIpc) is 3.12. The molecule has 5 rings (SSSR count). The molecule has 31 heavy (non-hydrogen) atoms. The van der Waals surface area contributed by atoms with Crippen molar-refractivity contribution in [2.45, 2.75) is 77.6 Å². The molecule has 2 nitrogen and oxygen atoms in total. The van der Waals surface area contributed by atoms with Gasteiger partial charge in [-0.1, -0.05) is 72.7 Å². The molecule has 0 atom stereocenters. The zero-order chi connectivity index (χ0) is 22.2. The Balaban J connectivity index is 1.84. The van der Waals surface area contributed by atoms with Crippen LogP contribution in [0, 0.1) is 0 Å². The van der Waals surface area contributed by atoms with E-state index in [1.807, 2.05) is 6.20 Å². The van der Waals surface area contributed by atoms with E-state index in [1.165, 1.54) is 33.7 Å². The van der Waals surface area contributed by atoms with Crippen LogP contribution in [0.1, 0.15) is 78.2 Å². The van der Waals surface area contributed by atoms with Gasteiger partial charge in [0.25, 0.3) is 0 Å². The van der Waals surface area contributed by atoms with E-state index in [2.05, 4.69) is 90.9 Å². The third-order valence-electron chi connectivity index (χ3n) is 7.21. The molecule has 0 saturated carbocycles. The van der Waals surface area contributed by atoms with Crippen molar-refractivity contribution in [3.8, 4) is 11.3 Å². The summed E-state index contributed by atoms with van der Waals surface area (Å²) in [6.45, 7) is 16.2. The molecule has 0 radical (unpaired) electrons. The third kappa shape index (κ3) is 3.11. The summed E-state index contributed by atoms with van der Waals surface area (Å²) >= 11 is 0. The Morgan fingerprint density at radius 3 is 2.32 bits per heavy atom. The molecule has 0 amide bonds.